The molecule has 0 aliphatic carbocycles. The Hall–Kier alpha value is -0.390. The van der Waals surface area contributed by atoms with Gasteiger partial charge in [-0.1, -0.05) is 6.92 Å². The maximum Gasteiger partial charge on any atom is 0.304 e. The van der Waals surface area contributed by atoms with Crippen molar-refractivity contribution in [2.45, 2.75) is 38.1 Å². The Balaban J connectivity index is 3.19. The van der Waals surface area contributed by atoms with Crippen molar-refractivity contribution in [1.29, 1.82) is 0 Å². The number of thiophene rings is 1. The monoisotopic (exact) mass is 305 g/mol. The highest BCUT2D eigenvalue weighted by molar-refractivity contribution is 9.11. The van der Waals surface area contributed by atoms with Crippen LogP contribution in [0.2, 0.25) is 0 Å². The van der Waals surface area contributed by atoms with Crippen LogP contribution in [0.25, 0.3) is 0 Å². The van der Waals surface area contributed by atoms with E-state index in [0.717, 1.165) is 8.66 Å². The molecule has 1 aromatic rings. The fourth-order valence-electron chi connectivity index (χ4n) is 1.55. The summed E-state index contributed by atoms with van der Waals surface area (Å²) in [4.78, 5) is 12.0. The summed E-state index contributed by atoms with van der Waals surface area (Å²) in [6, 6.07) is 3.86. The Kier molecular flexibility index (Phi) is 3.82. The lowest BCUT2D eigenvalue weighted by Gasteiger charge is -2.40. The highest BCUT2D eigenvalue weighted by atomic mass is 79.9. The molecule has 0 aromatic carbocycles. The highest BCUT2D eigenvalue weighted by Crippen LogP contribution is 2.41. The first-order valence-corrected chi connectivity index (χ1v) is 6.54. The minimum Gasteiger partial charge on any atom is -0.481 e. The lowest BCUT2D eigenvalue weighted by atomic mass is 9.70. The molecule has 1 atom stereocenters. The Morgan fingerprint density at radius 2 is 2.06 bits per heavy atom. The third kappa shape index (κ3) is 2.64. The molecule has 3 nitrogen and oxygen atoms in total. The first-order chi connectivity index (χ1) is 7.17. The molecule has 1 rings (SSSR count). The number of carboxylic acids is 1. The van der Waals surface area contributed by atoms with E-state index >= 15 is 0 Å². The van der Waals surface area contributed by atoms with Crippen molar-refractivity contribution >= 4 is 33.2 Å². The van der Waals surface area contributed by atoms with Gasteiger partial charge in [0.05, 0.1) is 10.2 Å². The summed E-state index contributed by atoms with van der Waals surface area (Å²) in [5.41, 5.74) is 4.98. The smallest absolute Gasteiger partial charge is 0.304 e. The van der Waals surface area contributed by atoms with E-state index in [1.807, 2.05) is 32.9 Å². The van der Waals surface area contributed by atoms with Crippen molar-refractivity contribution in [3.05, 3.63) is 20.8 Å². The molecular formula is C11H16BrNO2S. The summed E-state index contributed by atoms with van der Waals surface area (Å²) in [5.74, 6) is -0.828. The van der Waals surface area contributed by atoms with Gasteiger partial charge in [0.2, 0.25) is 0 Å². The first kappa shape index (κ1) is 13.7. The van der Waals surface area contributed by atoms with Crippen LogP contribution in [-0.4, -0.2) is 16.6 Å². The Bertz CT molecular complexity index is 397. The molecule has 1 aromatic heterocycles. The van der Waals surface area contributed by atoms with Gasteiger partial charge < -0.3 is 10.8 Å². The zero-order chi connectivity index (χ0) is 12.6. The summed E-state index contributed by atoms with van der Waals surface area (Å²) in [6.45, 7) is 5.63. The van der Waals surface area contributed by atoms with E-state index in [4.69, 9.17) is 10.8 Å². The third-order valence-corrected chi connectivity index (χ3v) is 4.93. The van der Waals surface area contributed by atoms with Crippen LogP contribution in [0.3, 0.4) is 0 Å². The number of aliphatic carboxylic acids is 1. The molecule has 0 aliphatic heterocycles. The second-order valence-corrected chi connectivity index (χ2v) is 7.19. The molecule has 1 unspecified atom stereocenters. The molecule has 0 fully saturated rings. The minimum absolute atomic E-state index is 0.0312. The van der Waals surface area contributed by atoms with Crippen LogP contribution in [0.4, 0.5) is 0 Å². The van der Waals surface area contributed by atoms with Crippen molar-refractivity contribution < 1.29 is 9.90 Å². The summed E-state index contributed by atoms with van der Waals surface area (Å²) >= 11 is 4.92. The number of nitrogens with two attached hydrogens (primary N) is 1. The molecule has 0 radical (unpaired) electrons. The Morgan fingerprint density at radius 3 is 2.38 bits per heavy atom. The summed E-state index contributed by atoms with van der Waals surface area (Å²) in [7, 11) is 0. The van der Waals surface area contributed by atoms with Gasteiger partial charge >= 0.3 is 5.97 Å². The van der Waals surface area contributed by atoms with Gasteiger partial charge in [0.25, 0.3) is 0 Å². The number of halogens is 1. The molecule has 16 heavy (non-hydrogen) atoms. The van der Waals surface area contributed by atoms with Crippen LogP contribution in [0, 0.1) is 0 Å². The zero-order valence-electron chi connectivity index (χ0n) is 9.58. The van der Waals surface area contributed by atoms with Gasteiger partial charge in [-0.2, -0.15) is 0 Å². The van der Waals surface area contributed by atoms with Crippen molar-refractivity contribution in [1.82, 2.24) is 0 Å². The van der Waals surface area contributed by atoms with Gasteiger partial charge in [-0.25, -0.2) is 0 Å². The standard InChI is InChI=1S/C11H16BrNO2S/c1-10(2,13)11(3,6-9(14)15)7-4-5-8(12)16-7/h4-5H,6,13H2,1-3H3,(H,14,15). The van der Waals surface area contributed by atoms with E-state index in [0.29, 0.717) is 0 Å². The van der Waals surface area contributed by atoms with Gasteiger partial charge in [-0.3, -0.25) is 4.79 Å². The predicted molar refractivity (Wildman–Crippen MR) is 69.9 cm³/mol. The fraction of sp³-hybridized carbons (Fsp3) is 0.545. The summed E-state index contributed by atoms with van der Waals surface area (Å²) in [5, 5.41) is 9.02. The summed E-state index contributed by atoms with van der Waals surface area (Å²) < 4.78 is 0.989. The molecule has 5 heteroatoms. The Morgan fingerprint density at radius 1 is 1.50 bits per heavy atom. The van der Waals surface area contributed by atoms with Gasteiger partial charge in [-0.15, -0.1) is 11.3 Å². The third-order valence-electron chi connectivity index (χ3n) is 3.04. The van der Waals surface area contributed by atoms with Gasteiger partial charge in [0.15, 0.2) is 0 Å². The van der Waals surface area contributed by atoms with Crippen molar-refractivity contribution in [3.8, 4) is 0 Å². The van der Waals surface area contributed by atoms with Crippen molar-refractivity contribution in [2.75, 3.05) is 0 Å². The lowest BCUT2D eigenvalue weighted by molar-refractivity contribution is -0.139. The predicted octanol–water partition coefficient (Wildman–Crippen LogP) is 2.98. The fourth-order valence-corrected chi connectivity index (χ4v) is 3.24. The zero-order valence-corrected chi connectivity index (χ0v) is 12.0. The molecule has 0 spiro atoms. The second-order valence-electron chi connectivity index (χ2n) is 4.73. The van der Waals surface area contributed by atoms with E-state index in [1.54, 1.807) is 0 Å². The molecule has 0 amide bonds. The first-order valence-electron chi connectivity index (χ1n) is 4.93. The largest absolute Gasteiger partial charge is 0.481 e. The molecule has 0 aliphatic rings. The van der Waals surface area contributed by atoms with Crippen molar-refractivity contribution in [3.63, 3.8) is 0 Å². The molecule has 1 heterocycles. The van der Waals surface area contributed by atoms with Crippen LogP contribution < -0.4 is 5.73 Å². The maximum absolute atomic E-state index is 11.0. The molecule has 90 valence electrons. The average molecular weight is 306 g/mol. The van der Waals surface area contributed by atoms with Crippen LogP contribution in [0.5, 0.6) is 0 Å². The van der Waals surface area contributed by atoms with Crippen LogP contribution >= 0.6 is 27.3 Å². The average Bonchev–Trinajstić information content (AvgIpc) is 2.48. The van der Waals surface area contributed by atoms with E-state index in [2.05, 4.69) is 15.9 Å². The van der Waals surface area contributed by atoms with Gasteiger partial charge in [0, 0.05) is 15.8 Å². The highest BCUT2D eigenvalue weighted by Gasteiger charge is 2.42. The second kappa shape index (κ2) is 4.47. The topological polar surface area (TPSA) is 63.3 Å². The number of carbonyl (C=O) groups is 1. The van der Waals surface area contributed by atoms with Crippen LogP contribution in [-0.2, 0) is 10.2 Å². The quantitative estimate of drug-likeness (QED) is 0.899. The SMILES string of the molecule is CC(C)(N)C(C)(CC(=O)O)c1ccc(Br)s1. The molecule has 0 bridgehead atoms. The van der Waals surface area contributed by atoms with Gasteiger partial charge in [-0.05, 0) is 41.9 Å². The van der Waals surface area contributed by atoms with Crippen LogP contribution in [0.15, 0.2) is 15.9 Å². The minimum atomic E-state index is -0.828. The van der Waals surface area contributed by atoms with E-state index in [9.17, 15) is 4.79 Å². The molecule has 3 N–H and O–H groups in total. The molecule has 0 saturated heterocycles. The number of hydrogen-bond donors (Lipinski definition) is 2. The molecular weight excluding hydrogens is 290 g/mol. The number of rotatable bonds is 4. The van der Waals surface area contributed by atoms with Crippen LogP contribution in [0.1, 0.15) is 32.1 Å². The molecule has 0 saturated carbocycles. The normalized spacial score (nSPS) is 15.8. The van der Waals surface area contributed by atoms with E-state index < -0.39 is 16.9 Å². The van der Waals surface area contributed by atoms with Crippen molar-refractivity contribution in [2.24, 2.45) is 5.73 Å². The number of carboxylic acid groups (broad SMARTS) is 1. The van der Waals surface area contributed by atoms with E-state index in [1.165, 1.54) is 11.3 Å². The van der Waals surface area contributed by atoms with E-state index in [-0.39, 0.29) is 6.42 Å². The Labute approximate surface area is 108 Å². The summed E-state index contributed by atoms with van der Waals surface area (Å²) in [6.07, 6.45) is 0.0312. The lowest BCUT2D eigenvalue weighted by Crippen LogP contribution is -2.52. The van der Waals surface area contributed by atoms with Gasteiger partial charge in [0.1, 0.15) is 0 Å². The number of hydrogen-bond acceptors (Lipinski definition) is 3. The maximum atomic E-state index is 11.0.